The molecule has 2 unspecified atom stereocenters. The standard InChI is InChI=1S/C34H32Cl3F2N7O3/c1-7-21(47)44-11-20-33(48)43-29-31(45(20)10-15(44)6)16-8-19(38)22(23-25(39)17(35)9-18(36)26(23)40)24(37)30(16)46(34(29)49)32-27(13(2)3)41-12-42-28(32)14(4)5/h7-9,12-15,20H,1,10-11,40H2,2-6H3,(H,43,48). The zero-order chi connectivity index (χ0) is 35.8. The van der Waals surface area contributed by atoms with E-state index in [0.717, 1.165) is 12.1 Å². The van der Waals surface area contributed by atoms with Crippen molar-refractivity contribution >= 4 is 74.6 Å². The monoisotopic (exact) mass is 729 g/mol. The Balaban J connectivity index is 1.81. The molecule has 2 aromatic heterocycles. The first-order valence-corrected chi connectivity index (χ1v) is 16.6. The van der Waals surface area contributed by atoms with E-state index in [1.165, 1.54) is 21.9 Å². The smallest absolute Gasteiger partial charge is 0.281 e. The summed E-state index contributed by atoms with van der Waals surface area (Å²) in [5, 5.41) is 1.95. The van der Waals surface area contributed by atoms with Gasteiger partial charge in [-0.25, -0.2) is 18.7 Å². The van der Waals surface area contributed by atoms with Crippen LogP contribution in [0.25, 0.3) is 27.7 Å². The average molecular weight is 731 g/mol. The Morgan fingerprint density at radius 3 is 2.24 bits per heavy atom. The largest absolute Gasteiger partial charge is 0.397 e. The van der Waals surface area contributed by atoms with Gasteiger partial charge in [0.25, 0.3) is 5.56 Å². The Morgan fingerprint density at radius 1 is 1.02 bits per heavy atom. The molecule has 10 nitrogen and oxygen atoms in total. The van der Waals surface area contributed by atoms with Crippen molar-refractivity contribution in [2.45, 2.75) is 58.5 Å². The van der Waals surface area contributed by atoms with Gasteiger partial charge in [0.05, 0.1) is 55.6 Å². The lowest BCUT2D eigenvalue weighted by atomic mass is 9.95. The van der Waals surface area contributed by atoms with Gasteiger partial charge < -0.3 is 20.9 Å². The molecule has 2 aromatic carbocycles. The molecule has 3 N–H and O–H groups in total. The van der Waals surface area contributed by atoms with Crippen molar-refractivity contribution in [3.8, 4) is 16.8 Å². The minimum atomic E-state index is -1.06. The summed E-state index contributed by atoms with van der Waals surface area (Å²) in [4.78, 5) is 53.5. The van der Waals surface area contributed by atoms with Crippen molar-refractivity contribution in [2.24, 2.45) is 0 Å². The SMILES string of the molecule is C=CC(=O)N1CC2C(=O)Nc3c(c4cc(F)c(-c5c(N)c(Cl)cc(Cl)c5F)c(Cl)c4n(-c4c(C(C)C)ncnc4C(C)C)c3=O)N2CC1C. The Labute approximate surface area is 295 Å². The van der Waals surface area contributed by atoms with Gasteiger partial charge in [-0.15, -0.1) is 0 Å². The Morgan fingerprint density at radius 2 is 1.65 bits per heavy atom. The van der Waals surface area contributed by atoms with E-state index in [-0.39, 0.29) is 74.5 Å². The maximum absolute atomic E-state index is 16.6. The van der Waals surface area contributed by atoms with Crippen LogP contribution in [0.2, 0.25) is 15.1 Å². The molecule has 1 fully saturated rings. The molecule has 4 heterocycles. The summed E-state index contributed by atoms with van der Waals surface area (Å²) in [7, 11) is 0. The molecule has 2 aliphatic rings. The molecule has 0 bridgehead atoms. The van der Waals surface area contributed by atoms with Gasteiger partial charge >= 0.3 is 0 Å². The number of aromatic nitrogens is 3. The number of piperazine rings is 1. The van der Waals surface area contributed by atoms with Crippen LogP contribution in [-0.4, -0.2) is 56.4 Å². The summed E-state index contributed by atoms with van der Waals surface area (Å²) >= 11 is 19.6. The molecule has 2 amide bonds. The van der Waals surface area contributed by atoms with Gasteiger partial charge in [0.2, 0.25) is 11.8 Å². The second kappa shape index (κ2) is 12.6. The summed E-state index contributed by atoms with van der Waals surface area (Å²) in [5.74, 6) is -3.42. The Bertz CT molecular complexity index is 2120. The third-order valence-corrected chi connectivity index (χ3v) is 9.97. The number of nitrogens with one attached hydrogen (secondary N) is 1. The minimum Gasteiger partial charge on any atom is -0.397 e. The van der Waals surface area contributed by atoms with Gasteiger partial charge in [-0.1, -0.05) is 69.1 Å². The van der Waals surface area contributed by atoms with Gasteiger partial charge in [0.15, 0.2) is 5.82 Å². The number of pyridine rings is 1. The third-order valence-electron chi connectivity index (χ3n) is 9.01. The third kappa shape index (κ3) is 5.32. The zero-order valence-corrected chi connectivity index (χ0v) is 29.4. The highest BCUT2D eigenvalue weighted by molar-refractivity contribution is 6.40. The number of nitrogen functional groups attached to an aromatic ring is 1. The first kappa shape index (κ1) is 34.6. The van der Waals surface area contributed by atoms with Crippen molar-refractivity contribution in [2.75, 3.05) is 29.0 Å². The zero-order valence-electron chi connectivity index (χ0n) is 27.2. The lowest BCUT2D eigenvalue weighted by Gasteiger charge is -2.48. The van der Waals surface area contributed by atoms with Crippen LogP contribution in [0, 0.1) is 11.6 Å². The quantitative estimate of drug-likeness (QED) is 0.128. The lowest BCUT2D eigenvalue weighted by molar-refractivity contribution is -0.130. The first-order valence-electron chi connectivity index (χ1n) is 15.5. The van der Waals surface area contributed by atoms with Gasteiger partial charge in [0, 0.05) is 29.1 Å². The van der Waals surface area contributed by atoms with E-state index < -0.39 is 51.3 Å². The fourth-order valence-corrected chi connectivity index (χ4v) is 7.56. The predicted octanol–water partition coefficient (Wildman–Crippen LogP) is 7.06. The van der Waals surface area contributed by atoms with Crippen molar-refractivity contribution in [1.82, 2.24) is 19.4 Å². The molecule has 6 rings (SSSR count). The number of amides is 2. The Hall–Kier alpha value is -4.26. The van der Waals surface area contributed by atoms with E-state index in [9.17, 15) is 14.4 Å². The second-order valence-electron chi connectivity index (χ2n) is 12.8. The first-order chi connectivity index (χ1) is 23.1. The predicted molar refractivity (Wildman–Crippen MR) is 189 cm³/mol. The number of rotatable bonds is 5. The number of carbonyl (C=O) groups excluding carboxylic acids is 2. The lowest BCUT2D eigenvalue weighted by Crippen LogP contribution is -2.64. The van der Waals surface area contributed by atoms with E-state index in [0.29, 0.717) is 11.4 Å². The van der Waals surface area contributed by atoms with Gasteiger partial charge in [-0.3, -0.25) is 19.0 Å². The summed E-state index contributed by atoms with van der Waals surface area (Å²) in [6.45, 7) is 13.0. The maximum atomic E-state index is 16.6. The van der Waals surface area contributed by atoms with Crippen molar-refractivity contribution in [3.05, 3.63) is 79.6 Å². The fraction of sp³-hybridized carbons (Fsp3) is 0.324. The van der Waals surface area contributed by atoms with Crippen molar-refractivity contribution < 1.29 is 18.4 Å². The van der Waals surface area contributed by atoms with Crippen LogP contribution in [0.3, 0.4) is 0 Å². The molecule has 2 atom stereocenters. The van der Waals surface area contributed by atoms with Gasteiger partial charge in [0.1, 0.15) is 23.9 Å². The number of halogens is 5. The molecular weight excluding hydrogens is 699 g/mol. The van der Waals surface area contributed by atoms with Crippen LogP contribution in [0.4, 0.5) is 25.8 Å². The van der Waals surface area contributed by atoms with Crippen LogP contribution in [-0.2, 0) is 9.59 Å². The minimum absolute atomic E-state index is 0.0116. The molecule has 0 saturated carbocycles. The van der Waals surface area contributed by atoms with Crippen LogP contribution in [0.1, 0.15) is 57.8 Å². The molecule has 4 aromatic rings. The molecule has 2 aliphatic heterocycles. The maximum Gasteiger partial charge on any atom is 0.281 e. The summed E-state index contributed by atoms with van der Waals surface area (Å²) < 4.78 is 33.6. The number of hydrogen-bond donors (Lipinski definition) is 2. The van der Waals surface area contributed by atoms with Gasteiger partial charge in [-0.2, -0.15) is 0 Å². The normalized spacial score (nSPS) is 17.4. The summed E-state index contributed by atoms with van der Waals surface area (Å²) in [6.07, 6.45) is 2.56. The highest BCUT2D eigenvalue weighted by atomic mass is 35.5. The fourth-order valence-electron chi connectivity index (χ4n) is 6.72. The molecule has 1 saturated heterocycles. The molecule has 256 valence electrons. The highest BCUT2D eigenvalue weighted by Gasteiger charge is 2.44. The molecular formula is C34H32Cl3F2N7O3. The van der Waals surface area contributed by atoms with Crippen LogP contribution in [0.5, 0.6) is 0 Å². The number of fused-ring (bicyclic) bond motifs is 5. The molecule has 0 radical (unpaired) electrons. The average Bonchev–Trinajstić information content (AvgIpc) is 3.05. The summed E-state index contributed by atoms with van der Waals surface area (Å²) in [5.41, 5.74) is 5.54. The van der Waals surface area contributed by atoms with E-state index >= 15 is 8.78 Å². The summed E-state index contributed by atoms with van der Waals surface area (Å²) in [6, 6.07) is 0.850. The van der Waals surface area contributed by atoms with E-state index in [2.05, 4.69) is 21.9 Å². The van der Waals surface area contributed by atoms with Crippen LogP contribution in [0.15, 0.2) is 35.9 Å². The molecule has 0 aliphatic carbocycles. The van der Waals surface area contributed by atoms with Gasteiger partial charge in [-0.05, 0) is 37.0 Å². The van der Waals surface area contributed by atoms with Crippen LogP contribution >= 0.6 is 34.8 Å². The van der Waals surface area contributed by atoms with E-state index in [1.807, 2.05) is 27.7 Å². The van der Waals surface area contributed by atoms with Crippen LogP contribution < -0.4 is 21.5 Å². The van der Waals surface area contributed by atoms with Crippen molar-refractivity contribution in [1.29, 1.82) is 0 Å². The Kier molecular flexibility index (Phi) is 8.87. The second-order valence-corrected chi connectivity index (χ2v) is 13.9. The molecule has 0 spiro atoms. The van der Waals surface area contributed by atoms with Crippen molar-refractivity contribution in [3.63, 3.8) is 0 Å². The topological polar surface area (TPSA) is 126 Å². The van der Waals surface area contributed by atoms with E-state index in [4.69, 9.17) is 40.5 Å². The highest BCUT2D eigenvalue weighted by Crippen LogP contribution is 2.49. The molecule has 15 heteroatoms. The van der Waals surface area contributed by atoms with E-state index in [1.54, 1.807) is 11.8 Å². The number of nitrogens with two attached hydrogens (primary N) is 1. The molecule has 49 heavy (non-hydrogen) atoms. The number of benzene rings is 2. The number of carbonyl (C=O) groups is 2. The number of anilines is 3. The number of nitrogens with zero attached hydrogens (tertiary/aromatic N) is 5. The number of hydrogen-bond acceptors (Lipinski definition) is 7.